The molecule has 0 radical (unpaired) electrons. The molecule has 1 saturated heterocycles. The van der Waals surface area contributed by atoms with Gasteiger partial charge in [0.25, 0.3) is 5.91 Å². The Morgan fingerprint density at radius 2 is 1.64 bits per heavy atom. The molecule has 1 aromatic carbocycles. The van der Waals surface area contributed by atoms with Crippen molar-refractivity contribution in [2.24, 2.45) is 0 Å². The Balaban J connectivity index is 1.64. The van der Waals surface area contributed by atoms with Crippen LogP contribution in [-0.4, -0.2) is 49.7 Å². The molecule has 0 aromatic heterocycles. The van der Waals surface area contributed by atoms with Crippen LogP contribution in [0.15, 0.2) is 24.3 Å². The zero-order valence-electron chi connectivity index (χ0n) is 15.0. The fourth-order valence-electron chi connectivity index (χ4n) is 3.85. The van der Waals surface area contributed by atoms with E-state index in [0.29, 0.717) is 24.7 Å². The summed E-state index contributed by atoms with van der Waals surface area (Å²) in [5, 5.41) is 0. The van der Waals surface area contributed by atoms with E-state index in [1.807, 2.05) is 11.9 Å². The van der Waals surface area contributed by atoms with Gasteiger partial charge < -0.3 is 4.90 Å². The molecule has 1 aliphatic heterocycles. The smallest absolute Gasteiger partial charge is 0.253 e. The molecule has 1 saturated carbocycles. The largest absolute Gasteiger partial charge is 0.339 e. The fraction of sp³-hybridized carbons (Fsp3) is 0.632. The SMILES string of the molecule is CN(C(=O)c1ccc(CS(=O)(=O)N2CCCC2)cc1)C1CCCCC1. The lowest BCUT2D eigenvalue weighted by atomic mass is 9.94. The number of hydrogen-bond donors (Lipinski definition) is 0. The van der Waals surface area contributed by atoms with Crippen LogP contribution in [0.4, 0.5) is 0 Å². The number of carbonyl (C=O) groups is 1. The lowest BCUT2D eigenvalue weighted by Crippen LogP contribution is -2.38. The Hall–Kier alpha value is -1.40. The van der Waals surface area contributed by atoms with E-state index < -0.39 is 10.0 Å². The average Bonchev–Trinajstić information content (AvgIpc) is 3.17. The van der Waals surface area contributed by atoms with Gasteiger partial charge in [0.2, 0.25) is 10.0 Å². The van der Waals surface area contributed by atoms with Crippen LogP contribution in [-0.2, 0) is 15.8 Å². The van der Waals surface area contributed by atoms with E-state index in [4.69, 9.17) is 0 Å². The monoisotopic (exact) mass is 364 g/mol. The van der Waals surface area contributed by atoms with Crippen molar-refractivity contribution in [2.45, 2.75) is 56.7 Å². The maximum atomic E-state index is 12.6. The molecule has 1 aromatic rings. The highest BCUT2D eigenvalue weighted by molar-refractivity contribution is 7.88. The molecular weight excluding hydrogens is 336 g/mol. The third kappa shape index (κ3) is 4.42. The molecular formula is C19H28N2O3S. The summed E-state index contributed by atoms with van der Waals surface area (Å²) in [5.74, 6) is 0.0424. The van der Waals surface area contributed by atoms with Gasteiger partial charge in [0.15, 0.2) is 0 Å². The number of benzene rings is 1. The zero-order chi connectivity index (χ0) is 17.9. The lowest BCUT2D eigenvalue weighted by Gasteiger charge is -2.31. The maximum absolute atomic E-state index is 12.6. The molecule has 0 N–H and O–H groups in total. The minimum Gasteiger partial charge on any atom is -0.339 e. The summed E-state index contributed by atoms with van der Waals surface area (Å²) in [5.41, 5.74) is 1.37. The van der Waals surface area contributed by atoms with E-state index in [-0.39, 0.29) is 11.7 Å². The van der Waals surface area contributed by atoms with Crippen molar-refractivity contribution in [1.82, 2.24) is 9.21 Å². The molecule has 0 atom stereocenters. The standard InChI is InChI=1S/C19H28N2O3S/c1-20(18-7-3-2-4-8-18)19(22)17-11-9-16(10-12-17)15-25(23,24)21-13-5-6-14-21/h9-12,18H,2-8,13-15H2,1H3. The van der Waals surface area contributed by atoms with Gasteiger partial charge in [-0.25, -0.2) is 12.7 Å². The van der Waals surface area contributed by atoms with E-state index in [9.17, 15) is 13.2 Å². The molecule has 2 fully saturated rings. The van der Waals surface area contributed by atoms with E-state index in [2.05, 4.69) is 0 Å². The Morgan fingerprint density at radius 3 is 2.24 bits per heavy atom. The molecule has 5 nitrogen and oxygen atoms in total. The molecule has 1 amide bonds. The zero-order valence-corrected chi connectivity index (χ0v) is 15.8. The molecule has 138 valence electrons. The number of rotatable bonds is 5. The Morgan fingerprint density at radius 1 is 1.04 bits per heavy atom. The van der Waals surface area contributed by atoms with Crippen molar-refractivity contribution >= 4 is 15.9 Å². The molecule has 2 aliphatic rings. The molecule has 1 aliphatic carbocycles. The molecule has 6 heteroatoms. The molecule has 3 rings (SSSR count). The fourth-order valence-corrected chi connectivity index (χ4v) is 5.46. The second-order valence-corrected chi connectivity index (χ2v) is 9.24. The highest BCUT2D eigenvalue weighted by atomic mass is 32.2. The van der Waals surface area contributed by atoms with Crippen LogP contribution >= 0.6 is 0 Å². The summed E-state index contributed by atoms with van der Waals surface area (Å²) >= 11 is 0. The van der Waals surface area contributed by atoms with E-state index in [0.717, 1.165) is 31.2 Å². The lowest BCUT2D eigenvalue weighted by molar-refractivity contribution is 0.0696. The Labute approximate surface area is 151 Å². The number of carbonyl (C=O) groups excluding carboxylic acids is 1. The normalized spacial score (nSPS) is 19.9. The van der Waals surface area contributed by atoms with Crippen LogP contribution in [0.3, 0.4) is 0 Å². The number of hydrogen-bond acceptors (Lipinski definition) is 3. The van der Waals surface area contributed by atoms with Crippen LogP contribution in [0.5, 0.6) is 0 Å². The number of nitrogens with zero attached hydrogens (tertiary/aromatic N) is 2. The van der Waals surface area contributed by atoms with Gasteiger partial charge in [-0.3, -0.25) is 4.79 Å². The summed E-state index contributed by atoms with van der Waals surface area (Å²) in [4.78, 5) is 14.5. The third-order valence-corrected chi connectivity index (χ3v) is 7.30. The molecule has 0 bridgehead atoms. The summed E-state index contributed by atoms with van der Waals surface area (Å²) in [6.45, 7) is 1.26. The summed E-state index contributed by atoms with van der Waals surface area (Å²) in [6.07, 6.45) is 7.69. The van der Waals surface area contributed by atoms with Gasteiger partial charge in [0, 0.05) is 31.7 Å². The second-order valence-electron chi connectivity index (χ2n) is 7.27. The molecule has 0 unspecified atom stereocenters. The van der Waals surface area contributed by atoms with Gasteiger partial charge in [-0.05, 0) is 43.4 Å². The van der Waals surface area contributed by atoms with Gasteiger partial charge >= 0.3 is 0 Å². The summed E-state index contributed by atoms with van der Waals surface area (Å²) in [6, 6.07) is 7.40. The van der Waals surface area contributed by atoms with Crippen LogP contribution < -0.4 is 0 Å². The first-order valence-corrected chi connectivity index (χ1v) is 10.9. The minimum atomic E-state index is -3.24. The number of amides is 1. The van der Waals surface area contributed by atoms with Crippen LogP contribution in [0.25, 0.3) is 0 Å². The molecule has 0 spiro atoms. The average molecular weight is 365 g/mol. The van der Waals surface area contributed by atoms with Crippen molar-refractivity contribution in [2.75, 3.05) is 20.1 Å². The summed E-state index contributed by atoms with van der Waals surface area (Å²) in [7, 11) is -1.36. The number of sulfonamides is 1. The van der Waals surface area contributed by atoms with Crippen molar-refractivity contribution < 1.29 is 13.2 Å². The van der Waals surface area contributed by atoms with Crippen molar-refractivity contribution in [3.63, 3.8) is 0 Å². The van der Waals surface area contributed by atoms with Gasteiger partial charge in [0.1, 0.15) is 0 Å². The first-order valence-electron chi connectivity index (χ1n) is 9.31. The topological polar surface area (TPSA) is 57.7 Å². The van der Waals surface area contributed by atoms with E-state index in [1.54, 1.807) is 28.6 Å². The molecule has 1 heterocycles. The van der Waals surface area contributed by atoms with Gasteiger partial charge in [-0.2, -0.15) is 0 Å². The highest BCUT2D eigenvalue weighted by Crippen LogP contribution is 2.23. The van der Waals surface area contributed by atoms with Crippen LogP contribution in [0.1, 0.15) is 60.9 Å². The maximum Gasteiger partial charge on any atom is 0.253 e. The first kappa shape index (κ1) is 18.4. The van der Waals surface area contributed by atoms with Crippen molar-refractivity contribution in [3.05, 3.63) is 35.4 Å². The van der Waals surface area contributed by atoms with Gasteiger partial charge in [-0.1, -0.05) is 31.4 Å². The Bertz CT molecular complexity index is 688. The third-order valence-electron chi connectivity index (χ3n) is 5.45. The van der Waals surface area contributed by atoms with Crippen LogP contribution in [0, 0.1) is 0 Å². The predicted octanol–water partition coefficient (Wildman–Crippen LogP) is 3.02. The van der Waals surface area contributed by atoms with Crippen molar-refractivity contribution in [1.29, 1.82) is 0 Å². The highest BCUT2D eigenvalue weighted by Gasteiger charge is 2.26. The predicted molar refractivity (Wildman–Crippen MR) is 98.8 cm³/mol. The quantitative estimate of drug-likeness (QED) is 0.807. The first-order chi connectivity index (χ1) is 12.0. The van der Waals surface area contributed by atoms with Crippen LogP contribution in [0.2, 0.25) is 0 Å². The molecule has 25 heavy (non-hydrogen) atoms. The van der Waals surface area contributed by atoms with Gasteiger partial charge in [0.05, 0.1) is 5.75 Å². The Kier molecular flexibility index (Phi) is 5.79. The minimum absolute atomic E-state index is 0.0138. The summed E-state index contributed by atoms with van der Waals surface area (Å²) < 4.78 is 26.3. The van der Waals surface area contributed by atoms with E-state index in [1.165, 1.54) is 19.3 Å². The van der Waals surface area contributed by atoms with E-state index >= 15 is 0 Å². The second kappa shape index (κ2) is 7.87. The van der Waals surface area contributed by atoms with Gasteiger partial charge in [-0.15, -0.1) is 0 Å². The van der Waals surface area contributed by atoms with Crippen molar-refractivity contribution in [3.8, 4) is 0 Å².